The van der Waals surface area contributed by atoms with E-state index in [0.29, 0.717) is 35.6 Å². The first-order valence-corrected chi connectivity index (χ1v) is 13.4. The van der Waals surface area contributed by atoms with Crippen molar-refractivity contribution in [3.63, 3.8) is 0 Å². The van der Waals surface area contributed by atoms with Crippen LogP contribution < -0.4 is 10.1 Å². The summed E-state index contributed by atoms with van der Waals surface area (Å²) in [6.07, 6.45) is 8.26. The quantitative estimate of drug-likeness (QED) is 0.337. The number of hydrogen-bond donors (Lipinski definition) is 1. The molecule has 4 aromatic rings. The minimum absolute atomic E-state index is 0.268. The largest absolute Gasteiger partial charge is 0.476 e. The van der Waals surface area contributed by atoms with Gasteiger partial charge in [-0.15, -0.1) is 0 Å². The number of aryl methyl sites for hydroxylation is 1. The summed E-state index contributed by atoms with van der Waals surface area (Å²) in [5, 5.41) is 3.04. The molecule has 1 saturated carbocycles. The van der Waals surface area contributed by atoms with Crippen molar-refractivity contribution in [1.29, 1.82) is 0 Å². The molecule has 1 aliphatic carbocycles. The molecule has 0 bridgehead atoms. The number of amides is 1. The van der Waals surface area contributed by atoms with Gasteiger partial charge in [-0.25, -0.2) is 9.97 Å². The molecule has 8 heteroatoms. The Balaban J connectivity index is 1.21. The molecule has 1 amide bonds. The van der Waals surface area contributed by atoms with E-state index in [4.69, 9.17) is 4.74 Å². The van der Waals surface area contributed by atoms with Crippen molar-refractivity contribution in [2.45, 2.75) is 31.6 Å². The summed E-state index contributed by atoms with van der Waals surface area (Å²) in [4.78, 5) is 29.2. The van der Waals surface area contributed by atoms with Crippen LogP contribution in [0.2, 0.25) is 0 Å². The standard InChI is InChI=1S/C30H32N6O2/c1-35-20-31-19-27(35)25-10-3-2-9-24(25)22-7-6-8-23(17-22)32-30(37)26-18-28(34-29(33-26)21-11-12-21)38-16-15-36-13-4-5-14-36/h2-3,6-10,17-21H,4-5,11-16H2,1H3,(H,32,37). The van der Waals surface area contributed by atoms with E-state index >= 15 is 0 Å². The van der Waals surface area contributed by atoms with Gasteiger partial charge in [0.1, 0.15) is 18.1 Å². The van der Waals surface area contributed by atoms with Crippen LogP contribution in [0.15, 0.2) is 67.1 Å². The number of benzene rings is 2. The van der Waals surface area contributed by atoms with Crippen molar-refractivity contribution in [2.24, 2.45) is 7.05 Å². The molecule has 0 radical (unpaired) electrons. The predicted molar refractivity (Wildman–Crippen MR) is 147 cm³/mol. The van der Waals surface area contributed by atoms with Crippen molar-refractivity contribution >= 4 is 11.6 Å². The van der Waals surface area contributed by atoms with Crippen LogP contribution >= 0.6 is 0 Å². The Morgan fingerprint density at radius 2 is 1.84 bits per heavy atom. The highest BCUT2D eigenvalue weighted by molar-refractivity contribution is 6.03. The molecule has 0 spiro atoms. The number of imidazole rings is 1. The van der Waals surface area contributed by atoms with Gasteiger partial charge < -0.3 is 14.6 Å². The summed E-state index contributed by atoms with van der Waals surface area (Å²) in [5.74, 6) is 1.23. The molecule has 0 unspecified atom stereocenters. The van der Waals surface area contributed by atoms with Gasteiger partial charge in [0, 0.05) is 36.8 Å². The second kappa shape index (κ2) is 10.8. The lowest BCUT2D eigenvalue weighted by Gasteiger charge is -2.15. The number of likely N-dealkylation sites (tertiary alicyclic amines) is 1. The fourth-order valence-corrected chi connectivity index (χ4v) is 4.98. The van der Waals surface area contributed by atoms with Crippen molar-refractivity contribution < 1.29 is 9.53 Å². The number of nitrogens with one attached hydrogen (secondary N) is 1. The summed E-state index contributed by atoms with van der Waals surface area (Å²) in [6, 6.07) is 17.8. The van der Waals surface area contributed by atoms with Crippen molar-refractivity contribution in [1.82, 2.24) is 24.4 Å². The number of hydrogen-bond acceptors (Lipinski definition) is 6. The van der Waals surface area contributed by atoms with E-state index in [1.807, 2.05) is 54.2 Å². The first kappa shape index (κ1) is 24.3. The summed E-state index contributed by atoms with van der Waals surface area (Å²) in [7, 11) is 1.98. The number of carbonyl (C=O) groups is 1. The highest BCUT2D eigenvalue weighted by atomic mass is 16.5. The summed E-state index contributed by atoms with van der Waals surface area (Å²) in [5.41, 5.74) is 5.22. The Hall–Kier alpha value is -4.04. The Bertz CT molecular complexity index is 1440. The molecule has 3 heterocycles. The molecule has 2 fully saturated rings. The molecule has 0 atom stereocenters. The van der Waals surface area contributed by atoms with E-state index in [9.17, 15) is 4.79 Å². The van der Waals surface area contributed by atoms with Gasteiger partial charge in [-0.05, 0) is 62.0 Å². The van der Waals surface area contributed by atoms with Gasteiger partial charge in [-0.1, -0.05) is 36.4 Å². The predicted octanol–water partition coefficient (Wildman–Crippen LogP) is 5.15. The Labute approximate surface area is 222 Å². The second-order valence-corrected chi connectivity index (χ2v) is 10.1. The van der Waals surface area contributed by atoms with Crippen LogP contribution in [0, 0.1) is 0 Å². The smallest absolute Gasteiger partial charge is 0.274 e. The maximum absolute atomic E-state index is 13.3. The topological polar surface area (TPSA) is 85.2 Å². The molecule has 2 aromatic heterocycles. The SMILES string of the molecule is Cn1cncc1-c1ccccc1-c1cccc(NC(=O)c2cc(OCCN3CCCC3)nc(C3CC3)n2)c1. The molecule has 194 valence electrons. The van der Waals surface area contributed by atoms with E-state index in [2.05, 4.69) is 37.3 Å². The Morgan fingerprint density at radius 1 is 1.03 bits per heavy atom. The molecule has 2 aromatic carbocycles. The van der Waals surface area contributed by atoms with E-state index < -0.39 is 0 Å². The number of ether oxygens (including phenoxy) is 1. The fourth-order valence-electron chi connectivity index (χ4n) is 4.98. The first-order valence-electron chi connectivity index (χ1n) is 13.4. The Morgan fingerprint density at radius 3 is 2.61 bits per heavy atom. The summed E-state index contributed by atoms with van der Waals surface area (Å²) in [6.45, 7) is 3.68. The third-order valence-corrected chi connectivity index (χ3v) is 7.20. The molecule has 1 aliphatic heterocycles. The lowest BCUT2D eigenvalue weighted by atomic mass is 9.97. The summed E-state index contributed by atoms with van der Waals surface area (Å²) < 4.78 is 7.98. The van der Waals surface area contributed by atoms with Crippen molar-refractivity contribution in [3.05, 3.63) is 78.6 Å². The normalized spacial score (nSPS) is 15.5. The van der Waals surface area contributed by atoms with Crippen molar-refractivity contribution in [2.75, 3.05) is 31.6 Å². The number of aromatic nitrogens is 4. The second-order valence-electron chi connectivity index (χ2n) is 10.1. The lowest BCUT2D eigenvalue weighted by Crippen LogP contribution is -2.25. The zero-order valence-electron chi connectivity index (χ0n) is 21.6. The summed E-state index contributed by atoms with van der Waals surface area (Å²) >= 11 is 0. The monoisotopic (exact) mass is 508 g/mol. The molecule has 2 aliphatic rings. The fraction of sp³-hybridized carbons (Fsp3) is 0.333. The van der Waals surface area contributed by atoms with Gasteiger partial charge in [0.2, 0.25) is 5.88 Å². The van der Waals surface area contributed by atoms with Crippen LogP contribution in [0.25, 0.3) is 22.4 Å². The Kier molecular flexibility index (Phi) is 6.88. The van der Waals surface area contributed by atoms with Gasteiger partial charge >= 0.3 is 0 Å². The highest BCUT2D eigenvalue weighted by Crippen LogP contribution is 2.39. The number of anilines is 1. The minimum Gasteiger partial charge on any atom is -0.476 e. The molecule has 38 heavy (non-hydrogen) atoms. The van der Waals surface area contributed by atoms with Crippen LogP contribution in [-0.2, 0) is 7.05 Å². The van der Waals surface area contributed by atoms with Gasteiger partial charge in [0.25, 0.3) is 5.91 Å². The van der Waals surface area contributed by atoms with Crippen LogP contribution in [0.4, 0.5) is 5.69 Å². The first-order chi connectivity index (χ1) is 18.6. The number of nitrogens with zero attached hydrogens (tertiary/aromatic N) is 5. The zero-order valence-corrected chi connectivity index (χ0v) is 21.6. The van der Waals surface area contributed by atoms with Crippen LogP contribution in [-0.4, -0.2) is 56.6 Å². The van der Waals surface area contributed by atoms with Crippen LogP contribution in [0.5, 0.6) is 5.88 Å². The zero-order chi connectivity index (χ0) is 25.9. The van der Waals surface area contributed by atoms with Gasteiger partial charge in [0.15, 0.2) is 0 Å². The van der Waals surface area contributed by atoms with Crippen LogP contribution in [0.1, 0.15) is 47.9 Å². The van der Waals surface area contributed by atoms with Gasteiger partial charge in [0.05, 0.1) is 18.2 Å². The molecular formula is C30H32N6O2. The maximum Gasteiger partial charge on any atom is 0.274 e. The van der Waals surface area contributed by atoms with E-state index in [-0.39, 0.29) is 5.91 Å². The van der Waals surface area contributed by atoms with E-state index in [1.54, 1.807) is 12.4 Å². The molecule has 1 N–H and O–H groups in total. The average Bonchev–Trinajstić information content (AvgIpc) is 3.50. The highest BCUT2D eigenvalue weighted by Gasteiger charge is 2.28. The lowest BCUT2D eigenvalue weighted by molar-refractivity contribution is 0.102. The number of carbonyl (C=O) groups excluding carboxylic acids is 1. The molecule has 8 nitrogen and oxygen atoms in total. The molecule has 1 saturated heterocycles. The van der Waals surface area contributed by atoms with Crippen molar-refractivity contribution in [3.8, 4) is 28.3 Å². The van der Waals surface area contributed by atoms with Gasteiger partial charge in [-0.3, -0.25) is 9.69 Å². The minimum atomic E-state index is -0.268. The number of rotatable bonds is 9. The third-order valence-electron chi connectivity index (χ3n) is 7.20. The molecular weight excluding hydrogens is 476 g/mol. The van der Waals surface area contributed by atoms with E-state index in [1.165, 1.54) is 12.8 Å². The maximum atomic E-state index is 13.3. The average molecular weight is 509 g/mol. The third kappa shape index (κ3) is 5.45. The molecule has 6 rings (SSSR count). The van der Waals surface area contributed by atoms with Crippen LogP contribution in [0.3, 0.4) is 0 Å². The van der Waals surface area contributed by atoms with E-state index in [0.717, 1.165) is 54.9 Å². The van der Waals surface area contributed by atoms with Gasteiger partial charge in [-0.2, -0.15) is 4.98 Å².